The summed E-state index contributed by atoms with van der Waals surface area (Å²) < 4.78 is 0. The Balaban J connectivity index is 3.92. The summed E-state index contributed by atoms with van der Waals surface area (Å²) in [7, 11) is 0. The van der Waals surface area contributed by atoms with Crippen molar-refractivity contribution in [2.45, 2.75) is 65.5 Å². The van der Waals surface area contributed by atoms with Crippen LogP contribution in [0.3, 0.4) is 0 Å². The van der Waals surface area contributed by atoms with Gasteiger partial charge in [0.05, 0.1) is 0 Å². The normalized spacial score (nSPS) is 12.6. The van der Waals surface area contributed by atoms with Crippen molar-refractivity contribution >= 4 is 11.6 Å². The number of rotatable bonds is 9. The fourth-order valence-electron chi connectivity index (χ4n) is 2.17. The summed E-state index contributed by atoms with van der Waals surface area (Å²) >= 11 is 0. The van der Waals surface area contributed by atoms with Crippen LogP contribution >= 0.6 is 0 Å². The molecule has 0 unspecified atom stereocenters. The van der Waals surface area contributed by atoms with Crippen molar-refractivity contribution in [3.05, 3.63) is 0 Å². The predicted octanol–water partition coefficient (Wildman–Crippen LogP) is 1.68. The molecule has 4 heteroatoms. The molecule has 0 heterocycles. The van der Waals surface area contributed by atoms with Crippen molar-refractivity contribution < 1.29 is 9.59 Å². The van der Waals surface area contributed by atoms with E-state index in [0.717, 1.165) is 13.1 Å². The zero-order valence-electron chi connectivity index (χ0n) is 12.6. The van der Waals surface area contributed by atoms with Crippen LogP contribution in [0.25, 0.3) is 0 Å². The van der Waals surface area contributed by atoms with Crippen LogP contribution < -0.4 is 10.6 Å². The van der Waals surface area contributed by atoms with Gasteiger partial charge in [0.2, 0.25) is 0 Å². The minimum Gasteiger partial charge on any atom is -0.310 e. The highest BCUT2D eigenvalue weighted by Gasteiger charge is 2.21. The fourth-order valence-corrected chi connectivity index (χ4v) is 2.17. The van der Waals surface area contributed by atoms with Crippen LogP contribution in [0.1, 0.15) is 54.4 Å². The molecular weight excluding hydrogens is 228 g/mol. The van der Waals surface area contributed by atoms with Crippen LogP contribution in [0.2, 0.25) is 0 Å². The number of Topliss-reactive ketones (excluding diaryl/α,β-unsaturated/α-hetero) is 2. The maximum atomic E-state index is 11.1. The molecule has 2 N–H and O–H groups in total. The standard InChI is InChI=1S/C14H28N2O2/c1-11(17)9-13(3,4)15-7-8-16-14(5,6)10-12(2)18/h15-16H,7-10H2,1-6H3. The Kier molecular flexibility index (Phi) is 6.71. The van der Waals surface area contributed by atoms with Crippen LogP contribution in [0.4, 0.5) is 0 Å². The summed E-state index contributed by atoms with van der Waals surface area (Å²) in [6.45, 7) is 12.9. The summed E-state index contributed by atoms with van der Waals surface area (Å²) in [5, 5.41) is 6.70. The molecule has 0 aromatic rings. The smallest absolute Gasteiger partial charge is 0.131 e. The fraction of sp³-hybridized carbons (Fsp3) is 0.857. The van der Waals surface area contributed by atoms with E-state index >= 15 is 0 Å². The summed E-state index contributed by atoms with van der Waals surface area (Å²) in [5.74, 6) is 0.384. The maximum Gasteiger partial charge on any atom is 0.131 e. The van der Waals surface area contributed by atoms with Gasteiger partial charge in [-0.1, -0.05) is 0 Å². The van der Waals surface area contributed by atoms with Crippen LogP contribution in [0.15, 0.2) is 0 Å². The second-order valence-corrected chi connectivity index (χ2v) is 6.38. The molecule has 0 rings (SSSR count). The van der Waals surface area contributed by atoms with Crippen molar-refractivity contribution in [2.24, 2.45) is 0 Å². The first-order chi connectivity index (χ1) is 8.04. The molecule has 0 aromatic heterocycles. The molecule has 0 spiro atoms. The van der Waals surface area contributed by atoms with Gasteiger partial charge in [0.15, 0.2) is 0 Å². The largest absolute Gasteiger partial charge is 0.310 e. The Bertz CT molecular complexity index is 266. The number of hydrogen-bond donors (Lipinski definition) is 2. The summed E-state index contributed by atoms with van der Waals surface area (Å²) in [5.41, 5.74) is -0.337. The van der Waals surface area contributed by atoms with E-state index in [1.165, 1.54) is 0 Å². The minimum absolute atomic E-state index is 0.168. The first-order valence-corrected chi connectivity index (χ1v) is 6.53. The molecule has 0 radical (unpaired) electrons. The molecule has 0 aliphatic heterocycles. The van der Waals surface area contributed by atoms with E-state index in [1.54, 1.807) is 13.8 Å². The third-order valence-corrected chi connectivity index (χ3v) is 2.71. The number of hydrogen-bond acceptors (Lipinski definition) is 4. The topological polar surface area (TPSA) is 58.2 Å². The van der Waals surface area contributed by atoms with Gasteiger partial charge in [-0.25, -0.2) is 0 Å². The predicted molar refractivity (Wildman–Crippen MR) is 74.8 cm³/mol. The van der Waals surface area contributed by atoms with E-state index in [1.807, 2.05) is 27.7 Å². The SMILES string of the molecule is CC(=O)CC(C)(C)NCCNC(C)(C)CC(C)=O. The molecule has 18 heavy (non-hydrogen) atoms. The quantitative estimate of drug-likeness (QED) is 0.616. The first kappa shape index (κ1) is 17.3. The van der Waals surface area contributed by atoms with Crippen molar-refractivity contribution in [3.8, 4) is 0 Å². The lowest BCUT2D eigenvalue weighted by Gasteiger charge is -2.28. The molecule has 0 fully saturated rings. The summed E-state index contributed by atoms with van der Waals surface area (Å²) in [4.78, 5) is 22.2. The number of carbonyl (C=O) groups excluding carboxylic acids is 2. The van der Waals surface area contributed by atoms with Gasteiger partial charge in [-0.05, 0) is 41.5 Å². The van der Waals surface area contributed by atoms with E-state index in [4.69, 9.17) is 0 Å². The van der Waals surface area contributed by atoms with Gasteiger partial charge in [0, 0.05) is 37.0 Å². The summed E-state index contributed by atoms with van der Waals surface area (Å²) in [6.07, 6.45) is 1.06. The molecule has 0 bridgehead atoms. The van der Waals surface area contributed by atoms with Crippen LogP contribution in [-0.4, -0.2) is 35.7 Å². The van der Waals surface area contributed by atoms with Crippen LogP contribution in [0.5, 0.6) is 0 Å². The van der Waals surface area contributed by atoms with Gasteiger partial charge in [0.25, 0.3) is 0 Å². The Morgan fingerprint density at radius 3 is 1.28 bits per heavy atom. The molecule has 0 atom stereocenters. The average Bonchev–Trinajstić information content (AvgIpc) is 2.08. The zero-order chi connectivity index (χ0) is 14.4. The van der Waals surface area contributed by atoms with E-state index in [0.29, 0.717) is 12.8 Å². The Labute approximate surface area is 111 Å². The second kappa shape index (κ2) is 7.00. The Morgan fingerprint density at radius 1 is 0.778 bits per heavy atom. The Morgan fingerprint density at radius 2 is 1.06 bits per heavy atom. The van der Waals surface area contributed by atoms with Crippen molar-refractivity contribution in [1.82, 2.24) is 10.6 Å². The monoisotopic (exact) mass is 256 g/mol. The van der Waals surface area contributed by atoms with Gasteiger partial charge in [-0.2, -0.15) is 0 Å². The van der Waals surface area contributed by atoms with Crippen LogP contribution in [-0.2, 0) is 9.59 Å². The number of nitrogens with one attached hydrogen (secondary N) is 2. The number of carbonyl (C=O) groups is 2. The van der Waals surface area contributed by atoms with E-state index in [9.17, 15) is 9.59 Å². The highest BCUT2D eigenvalue weighted by Crippen LogP contribution is 2.09. The second-order valence-electron chi connectivity index (χ2n) is 6.38. The maximum absolute atomic E-state index is 11.1. The lowest BCUT2D eigenvalue weighted by Crippen LogP contribution is -2.48. The molecule has 0 aliphatic carbocycles. The lowest BCUT2D eigenvalue weighted by molar-refractivity contribution is -0.119. The molecule has 0 amide bonds. The number of ketones is 2. The van der Waals surface area contributed by atoms with Crippen molar-refractivity contribution in [3.63, 3.8) is 0 Å². The molecule has 4 nitrogen and oxygen atoms in total. The third kappa shape index (κ3) is 9.31. The molecule has 0 saturated carbocycles. The van der Waals surface area contributed by atoms with Crippen molar-refractivity contribution in [2.75, 3.05) is 13.1 Å². The molecule has 106 valence electrons. The first-order valence-electron chi connectivity index (χ1n) is 6.53. The molecular formula is C14H28N2O2. The zero-order valence-corrected chi connectivity index (χ0v) is 12.6. The van der Waals surface area contributed by atoms with Gasteiger partial charge in [-0.15, -0.1) is 0 Å². The van der Waals surface area contributed by atoms with Gasteiger partial charge >= 0.3 is 0 Å². The summed E-state index contributed by atoms with van der Waals surface area (Å²) in [6, 6.07) is 0. The third-order valence-electron chi connectivity index (χ3n) is 2.71. The lowest BCUT2D eigenvalue weighted by atomic mass is 9.97. The minimum atomic E-state index is -0.168. The molecule has 0 aromatic carbocycles. The van der Waals surface area contributed by atoms with Crippen LogP contribution in [0, 0.1) is 0 Å². The van der Waals surface area contributed by atoms with Gasteiger partial charge in [-0.3, -0.25) is 9.59 Å². The average molecular weight is 256 g/mol. The highest BCUT2D eigenvalue weighted by molar-refractivity contribution is 5.77. The van der Waals surface area contributed by atoms with Crippen molar-refractivity contribution in [1.29, 1.82) is 0 Å². The van der Waals surface area contributed by atoms with Gasteiger partial charge in [0.1, 0.15) is 11.6 Å². The Hall–Kier alpha value is -0.740. The molecule has 0 saturated heterocycles. The van der Waals surface area contributed by atoms with E-state index < -0.39 is 0 Å². The highest BCUT2D eigenvalue weighted by atomic mass is 16.1. The van der Waals surface area contributed by atoms with E-state index in [-0.39, 0.29) is 22.6 Å². The van der Waals surface area contributed by atoms with E-state index in [2.05, 4.69) is 10.6 Å². The molecule has 0 aliphatic rings. The van der Waals surface area contributed by atoms with Gasteiger partial charge < -0.3 is 10.6 Å².